The van der Waals surface area contributed by atoms with Gasteiger partial charge in [0.25, 0.3) is 0 Å². The molecule has 196 valence electrons. The number of aryl methyl sites for hydroxylation is 3. The Bertz CT molecular complexity index is 1400. The van der Waals surface area contributed by atoms with Gasteiger partial charge in [0, 0.05) is 47.7 Å². The monoisotopic (exact) mass is 520 g/mol. The van der Waals surface area contributed by atoms with Crippen LogP contribution in [0.4, 0.5) is 0 Å². The molecule has 1 N–H and O–H groups in total. The lowest BCUT2D eigenvalue weighted by molar-refractivity contribution is -0.147. The smallest absolute Gasteiger partial charge is 0.310 e. The number of aromatic nitrogens is 5. The molecule has 0 bridgehead atoms. The normalized spacial score (nSPS) is 17.9. The maximum atomic E-state index is 12.5. The van der Waals surface area contributed by atoms with Gasteiger partial charge in [-0.05, 0) is 88.9 Å². The summed E-state index contributed by atoms with van der Waals surface area (Å²) in [5, 5.41) is 23.5. The van der Waals surface area contributed by atoms with Gasteiger partial charge in [0.1, 0.15) is 5.52 Å². The zero-order chi connectivity index (χ0) is 26.3. The molecule has 0 saturated carbocycles. The van der Waals surface area contributed by atoms with E-state index in [4.69, 9.17) is 0 Å². The fraction of sp³-hybridized carbons (Fsp3) is 0.500. The molecule has 9 heteroatoms. The molecule has 2 unspecified atom stereocenters. The highest BCUT2D eigenvalue weighted by Crippen LogP contribution is 2.46. The second-order valence-corrected chi connectivity index (χ2v) is 12.0. The minimum atomic E-state index is -0.996. The second kappa shape index (κ2) is 10.0. The van der Waals surface area contributed by atoms with Crippen molar-refractivity contribution in [1.82, 2.24) is 29.7 Å². The van der Waals surface area contributed by atoms with E-state index < -0.39 is 11.4 Å². The first-order chi connectivity index (χ1) is 17.7. The zero-order valence-corrected chi connectivity index (χ0v) is 23.1. The van der Waals surface area contributed by atoms with Crippen molar-refractivity contribution >= 4 is 28.3 Å². The number of piperidine rings is 1. The number of carboxylic acid groups (broad SMARTS) is 1. The first-order valence-corrected chi connectivity index (χ1v) is 13.9. The summed E-state index contributed by atoms with van der Waals surface area (Å²) in [6.07, 6.45) is 6.19. The molecule has 1 saturated heterocycles. The number of aliphatic carboxylic acids is 1. The van der Waals surface area contributed by atoms with Gasteiger partial charge in [-0.2, -0.15) is 5.10 Å². The molecule has 4 aromatic rings. The summed E-state index contributed by atoms with van der Waals surface area (Å²) in [6, 6.07) is 8.75. The van der Waals surface area contributed by atoms with Crippen molar-refractivity contribution < 1.29 is 9.90 Å². The summed E-state index contributed by atoms with van der Waals surface area (Å²) in [4.78, 5) is 17.4. The van der Waals surface area contributed by atoms with Gasteiger partial charge in [-0.1, -0.05) is 11.3 Å². The number of likely N-dealkylation sites (tertiary alicyclic amines) is 1. The average molecular weight is 521 g/mol. The van der Waals surface area contributed by atoms with Gasteiger partial charge in [0.05, 0.1) is 17.0 Å². The lowest BCUT2D eigenvalue weighted by Crippen LogP contribution is -2.36. The highest BCUT2D eigenvalue weighted by molar-refractivity contribution is 7.12. The van der Waals surface area contributed by atoms with Gasteiger partial charge in [-0.15, -0.1) is 16.4 Å². The molecule has 0 aliphatic carbocycles. The van der Waals surface area contributed by atoms with Crippen molar-refractivity contribution in [1.29, 1.82) is 0 Å². The third-order valence-electron chi connectivity index (χ3n) is 7.96. The third-order valence-corrected chi connectivity index (χ3v) is 9.12. The van der Waals surface area contributed by atoms with E-state index in [1.165, 1.54) is 10.4 Å². The van der Waals surface area contributed by atoms with Crippen LogP contribution < -0.4 is 0 Å². The van der Waals surface area contributed by atoms with Crippen LogP contribution in [0.1, 0.15) is 72.0 Å². The largest absolute Gasteiger partial charge is 0.481 e. The second-order valence-electron chi connectivity index (χ2n) is 10.8. The fourth-order valence-electron chi connectivity index (χ4n) is 5.72. The summed E-state index contributed by atoms with van der Waals surface area (Å²) in [6.45, 7) is 13.6. The Labute approximate surface area is 221 Å². The summed E-state index contributed by atoms with van der Waals surface area (Å²) >= 11 is 1.72. The van der Waals surface area contributed by atoms with E-state index in [0.717, 1.165) is 66.1 Å². The van der Waals surface area contributed by atoms with Crippen LogP contribution in [0.5, 0.6) is 0 Å². The Hall–Kier alpha value is -3.04. The van der Waals surface area contributed by atoms with Crippen molar-refractivity contribution in [3.05, 3.63) is 63.1 Å². The summed E-state index contributed by atoms with van der Waals surface area (Å²) in [5.74, 6) is -1.10. The number of thiophene rings is 1. The number of benzene rings is 1. The van der Waals surface area contributed by atoms with Crippen LogP contribution in [0.25, 0.3) is 11.0 Å². The van der Waals surface area contributed by atoms with Gasteiger partial charge in [0.2, 0.25) is 0 Å². The van der Waals surface area contributed by atoms with Crippen LogP contribution in [-0.2, 0) is 17.9 Å². The minimum Gasteiger partial charge on any atom is -0.481 e. The molecule has 2 atom stereocenters. The number of hydrogen-bond donors (Lipinski definition) is 1. The Balaban J connectivity index is 1.49. The lowest BCUT2D eigenvalue weighted by atomic mass is 9.72. The first kappa shape index (κ1) is 25.6. The molecule has 3 aromatic heterocycles. The molecule has 1 aliphatic rings. The molecule has 0 amide bonds. The molecule has 0 radical (unpaired) electrons. The van der Waals surface area contributed by atoms with Crippen LogP contribution in [0.15, 0.2) is 36.7 Å². The molecule has 37 heavy (non-hydrogen) atoms. The summed E-state index contributed by atoms with van der Waals surface area (Å²) in [7, 11) is 0. The van der Waals surface area contributed by atoms with E-state index >= 15 is 0 Å². The van der Waals surface area contributed by atoms with Gasteiger partial charge >= 0.3 is 5.97 Å². The molecule has 4 heterocycles. The topological polar surface area (TPSA) is 89.1 Å². The van der Waals surface area contributed by atoms with Crippen molar-refractivity contribution in [3.63, 3.8) is 0 Å². The first-order valence-electron chi connectivity index (χ1n) is 13.1. The van der Waals surface area contributed by atoms with Gasteiger partial charge in [-0.25, -0.2) is 4.68 Å². The minimum absolute atomic E-state index is 0.295. The number of fused-ring (bicyclic) bond motifs is 1. The number of carbonyl (C=O) groups is 1. The van der Waals surface area contributed by atoms with Gasteiger partial charge in [-0.3, -0.25) is 14.4 Å². The Morgan fingerprint density at radius 1 is 1.30 bits per heavy atom. The summed E-state index contributed by atoms with van der Waals surface area (Å²) in [5.41, 5.74) is 4.12. The van der Waals surface area contributed by atoms with E-state index in [2.05, 4.69) is 50.2 Å². The van der Waals surface area contributed by atoms with Crippen LogP contribution >= 0.6 is 11.3 Å². The van der Waals surface area contributed by atoms with Crippen LogP contribution in [-0.4, -0.2) is 53.8 Å². The molecule has 1 aromatic carbocycles. The van der Waals surface area contributed by atoms with E-state index in [1.807, 2.05) is 50.7 Å². The predicted octanol–water partition coefficient (Wildman–Crippen LogP) is 5.41. The van der Waals surface area contributed by atoms with Crippen molar-refractivity contribution in [2.45, 2.75) is 72.5 Å². The quantitative estimate of drug-likeness (QED) is 0.334. The van der Waals surface area contributed by atoms with E-state index in [9.17, 15) is 9.90 Å². The van der Waals surface area contributed by atoms with E-state index in [-0.39, 0.29) is 5.92 Å². The highest BCUT2D eigenvalue weighted by atomic mass is 32.1. The molecule has 1 fully saturated rings. The number of hydrogen-bond acceptors (Lipinski definition) is 6. The van der Waals surface area contributed by atoms with Crippen LogP contribution in [0.2, 0.25) is 0 Å². The number of rotatable bonds is 8. The number of nitrogens with zero attached hydrogens (tertiary/aromatic N) is 6. The molecule has 5 rings (SSSR count). The fourth-order valence-corrected chi connectivity index (χ4v) is 7.07. The van der Waals surface area contributed by atoms with Crippen molar-refractivity contribution in [2.24, 2.45) is 5.41 Å². The highest BCUT2D eigenvalue weighted by Gasteiger charge is 2.41. The SMILES string of the molecule is CCn1nnc2c(C)c(C(c3cc(CN4CCCC(n5cccn5)C4)c(C)s3)C(C)(C)C(=O)O)ccc21. The zero-order valence-electron chi connectivity index (χ0n) is 22.3. The maximum absolute atomic E-state index is 12.5. The average Bonchev–Trinajstić information content (AvgIpc) is 3.62. The standard InChI is InChI=1S/C28H36N6O2S/c1-6-33-23-11-10-22(18(2)26(23)30-31-33)25(28(4,5)27(35)36)24-15-20(19(3)37-24)16-32-13-7-9-21(17-32)34-14-8-12-29-34/h8,10-12,14-15,21,25H,6-7,9,13,16-17H2,1-5H3,(H,35,36). The predicted molar refractivity (Wildman–Crippen MR) is 146 cm³/mol. The Morgan fingerprint density at radius 3 is 2.81 bits per heavy atom. The number of carboxylic acids is 1. The third kappa shape index (κ3) is 4.70. The molecular weight excluding hydrogens is 484 g/mol. The lowest BCUT2D eigenvalue weighted by Gasteiger charge is -2.33. The molecule has 1 aliphatic heterocycles. The molecular formula is C28H36N6O2S. The van der Waals surface area contributed by atoms with Crippen molar-refractivity contribution in [2.75, 3.05) is 13.1 Å². The van der Waals surface area contributed by atoms with E-state index in [1.54, 1.807) is 11.3 Å². The van der Waals surface area contributed by atoms with Gasteiger partial charge < -0.3 is 5.11 Å². The summed E-state index contributed by atoms with van der Waals surface area (Å²) < 4.78 is 3.96. The Morgan fingerprint density at radius 2 is 2.11 bits per heavy atom. The maximum Gasteiger partial charge on any atom is 0.310 e. The van der Waals surface area contributed by atoms with E-state index in [0.29, 0.717) is 6.04 Å². The van der Waals surface area contributed by atoms with Crippen LogP contribution in [0, 0.1) is 19.3 Å². The molecule has 0 spiro atoms. The molecule has 8 nitrogen and oxygen atoms in total. The Kier molecular flexibility index (Phi) is 6.93. The van der Waals surface area contributed by atoms with Crippen LogP contribution in [0.3, 0.4) is 0 Å². The van der Waals surface area contributed by atoms with Gasteiger partial charge in [0.15, 0.2) is 0 Å². The van der Waals surface area contributed by atoms with Crippen molar-refractivity contribution in [3.8, 4) is 0 Å².